The normalized spacial score (nSPS) is 20.3. The number of rotatable bonds is 13. The van der Waals surface area contributed by atoms with Crippen LogP contribution in [0.2, 0.25) is 0 Å². The molecule has 1 aromatic carbocycles. The average molecular weight is 553 g/mol. The van der Waals surface area contributed by atoms with E-state index in [1.807, 2.05) is 13.8 Å². The summed E-state index contributed by atoms with van der Waals surface area (Å²) in [5.74, 6) is 0.0997. The Bertz CT molecular complexity index is 1230. The van der Waals surface area contributed by atoms with Crippen LogP contribution >= 0.6 is 8.25 Å². The molecule has 3 rings (SSSR count). The fourth-order valence-corrected chi connectivity index (χ4v) is 4.53. The number of para-hydroxylation sites is 2. The Balaban J connectivity index is 1.54. The number of hydrogen-bond donors (Lipinski definition) is 3. The van der Waals surface area contributed by atoms with Gasteiger partial charge in [-0.05, 0) is 31.9 Å². The van der Waals surface area contributed by atoms with Gasteiger partial charge in [-0.3, -0.25) is 14.3 Å². The summed E-state index contributed by atoms with van der Waals surface area (Å²) in [5.41, 5.74) is -0.413. The highest BCUT2D eigenvalue weighted by atomic mass is 31.1. The number of esters is 1. The Morgan fingerprint density at radius 3 is 2.71 bits per heavy atom. The number of benzene rings is 1. The predicted octanol–water partition coefficient (Wildman–Crippen LogP) is 3.03. The number of carbonyl (C=O) groups is 1. The van der Waals surface area contributed by atoms with Crippen molar-refractivity contribution in [3.8, 4) is 5.75 Å². The van der Waals surface area contributed by atoms with Crippen LogP contribution in [0, 0.1) is 12.8 Å². The van der Waals surface area contributed by atoms with Crippen molar-refractivity contribution < 1.29 is 33.0 Å². The van der Waals surface area contributed by atoms with Gasteiger partial charge in [0.2, 0.25) is 5.75 Å². The van der Waals surface area contributed by atoms with Crippen molar-refractivity contribution in [1.82, 2.24) is 9.55 Å². The van der Waals surface area contributed by atoms with E-state index in [0.717, 1.165) is 12.8 Å². The van der Waals surface area contributed by atoms with Gasteiger partial charge < -0.3 is 19.9 Å². The van der Waals surface area contributed by atoms with Crippen LogP contribution < -0.4 is 21.1 Å². The number of aromatic nitrogens is 2. The lowest BCUT2D eigenvalue weighted by molar-refractivity contribution is -0.145. The standard InChI is InChI=1S/C25H34N3O9P/c1-5-17(6-2)13-34-24(31)16(4)26-18-9-7-8-10-20(18)37-38(33)35-14-21-19(29)11-22(36-21)28-12-15(3)23(30)27-25(28)32/h7-10,12,16-17,19,21-22,26,29H,5-6,11,13-14H2,1-4H3/p+1/t16-,19-,21+,22+/m0/s1. The zero-order valence-electron chi connectivity index (χ0n) is 21.9. The smallest absolute Gasteiger partial charge is 0.464 e. The molecule has 13 heteroatoms. The minimum Gasteiger partial charge on any atom is -0.464 e. The van der Waals surface area contributed by atoms with Gasteiger partial charge in [0.15, 0.2) is 0 Å². The summed E-state index contributed by atoms with van der Waals surface area (Å²) in [4.78, 5) is 38.3. The second-order valence-electron chi connectivity index (χ2n) is 9.20. The number of aliphatic hydroxyl groups excluding tert-OH is 1. The SMILES string of the molecule is CCC(CC)COC(=O)[C@H](C)Nc1ccccc1O[P+](=O)OC[C@H]1O[C@@H](n2cc(C)c(=O)[nH]c2=O)C[C@@H]1O. The fraction of sp³-hybridized carbons (Fsp3) is 0.560. The van der Waals surface area contributed by atoms with E-state index in [0.29, 0.717) is 23.8 Å². The molecule has 1 saturated heterocycles. The molecule has 0 amide bonds. The van der Waals surface area contributed by atoms with Crippen molar-refractivity contribution in [2.45, 2.75) is 71.4 Å². The quantitative estimate of drug-likeness (QED) is 0.249. The van der Waals surface area contributed by atoms with Gasteiger partial charge in [-0.1, -0.05) is 38.8 Å². The van der Waals surface area contributed by atoms with Gasteiger partial charge in [0, 0.05) is 22.7 Å². The molecule has 0 bridgehead atoms. The second-order valence-corrected chi connectivity index (χ2v) is 10.1. The predicted molar refractivity (Wildman–Crippen MR) is 139 cm³/mol. The zero-order chi connectivity index (χ0) is 27.8. The van der Waals surface area contributed by atoms with Crippen LogP contribution in [0.4, 0.5) is 5.69 Å². The highest BCUT2D eigenvalue weighted by Gasteiger charge is 2.39. The molecule has 5 atom stereocenters. The van der Waals surface area contributed by atoms with Gasteiger partial charge in [-0.2, -0.15) is 0 Å². The van der Waals surface area contributed by atoms with Crippen LogP contribution in [0.25, 0.3) is 0 Å². The summed E-state index contributed by atoms with van der Waals surface area (Å²) < 4.78 is 35.6. The minimum absolute atomic E-state index is 0.0784. The van der Waals surface area contributed by atoms with Crippen molar-refractivity contribution in [3.63, 3.8) is 0 Å². The summed E-state index contributed by atoms with van der Waals surface area (Å²) in [7, 11) is -2.67. The van der Waals surface area contributed by atoms with E-state index in [1.165, 1.54) is 10.8 Å². The van der Waals surface area contributed by atoms with Crippen LogP contribution in [-0.2, 0) is 23.4 Å². The number of ether oxygens (including phenoxy) is 2. The van der Waals surface area contributed by atoms with Gasteiger partial charge in [-0.15, -0.1) is 4.52 Å². The molecule has 0 spiro atoms. The van der Waals surface area contributed by atoms with E-state index in [4.69, 9.17) is 18.5 Å². The first-order chi connectivity index (χ1) is 18.1. The number of anilines is 1. The lowest BCUT2D eigenvalue weighted by atomic mass is 10.1. The number of carbonyl (C=O) groups excluding carboxylic acids is 1. The van der Waals surface area contributed by atoms with Gasteiger partial charge in [-0.25, -0.2) is 14.1 Å². The van der Waals surface area contributed by atoms with Gasteiger partial charge in [0.05, 0.1) is 18.4 Å². The molecule has 1 aromatic heterocycles. The molecule has 1 fully saturated rings. The third-order valence-electron chi connectivity index (χ3n) is 6.41. The molecule has 1 unspecified atom stereocenters. The largest absolute Gasteiger partial charge is 0.750 e. The molecule has 3 N–H and O–H groups in total. The van der Waals surface area contributed by atoms with E-state index < -0.39 is 50.0 Å². The number of H-pyrrole nitrogens is 1. The number of hydrogen-bond acceptors (Lipinski definition) is 10. The van der Waals surface area contributed by atoms with Crippen molar-refractivity contribution in [2.24, 2.45) is 5.92 Å². The molecule has 0 radical (unpaired) electrons. The Hall–Kier alpha value is -3.05. The van der Waals surface area contributed by atoms with Crippen LogP contribution in [-0.4, -0.2) is 52.1 Å². The summed E-state index contributed by atoms with van der Waals surface area (Å²) in [6.07, 6.45) is 0.585. The van der Waals surface area contributed by atoms with Crippen LogP contribution in [0.3, 0.4) is 0 Å². The lowest BCUT2D eigenvalue weighted by Crippen LogP contribution is -2.33. The highest BCUT2D eigenvalue weighted by Crippen LogP contribution is 2.36. The molecule has 2 aromatic rings. The summed E-state index contributed by atoms with van der Waals surface area (Å²) >= 11 is 0. The molecule has 0 saturated carbocycles. The third kappa shape index (κ3) is 7.73. The van der Waals surface area contributed by atoms with E-state index in [2.05, 4.69) is 10.3 Å². The first kappa shape index (κ1) is 29.5. The molecule has 1 aliphatic rings. The Labute approximate surface area is 221 Å². The van der Waals surface area contributed by atoms with E-state index in [9.17, 15) is 24.1 Å². The fourth-order valence-electron chi connectivity index (χ4n) is 3.88. The topological polar surface area (TPSA) is 158 Å². The molecule has 1 aliphatic heterocycles. The minimum atomic E-state index is -2.67. The molecular formula is C25H35N3O9P+. The van der Waals surface area contributed by atoms with E-state index in [1.54, 1.807) is 38.1 Å². The zero-order valence-corrected chi connectivity index (χ0v) is 22.8. The van der Waals surface area contributed by atoms with Gasteiger partial charge in [0.25, 0.3) is 5.56 Å². The highest BCUT2D eigenvalue weighted by molar-refractivity contribution is 7.33. The molecule has 208 valence electrons. The average Bonchev–Trinajstić information content (AvgIpc) is 3.26. The first-order valence-corrected chi connectivity index (χ1v) is 13.7. The maximum Gasteiger partial charge on any atom is 0.750 e. The Morgan fingerprint density at radius 1 is 1.29 bits per heavy atom. The molecule has 12 nitrogen and oxygen atoms in total. The van der Waals surface area contributed by atoms with Gasteiger partial charge in [0.1, 0.15) is 25.0 Å². The Morgan fingerprint density at radius 2 is 2.00 bits per heavy atom. The van der Waals surface area contributed by atoms with E-state index >= 15 is 0 Å². The molecule has 2 heterocycles. The Kier molecular flexibility index (Phi) is 10.6. The molecular weight excluding hydrogens is 517 g/mol. The number of aliphatic hydroxyl groups is 1. The summed E-state index contributed by atoms with van der Waals surface area (Å²) in [6.45, 7) is 7.39. The van der Waals surface area contributed by atoms with Crippen LogP contribution in [0.5, 0.6) is 5.75 Å². The van der Waals surface area contributed by atoms with Crippen LogP contribution in [0.15, 0.2) is 40.1 Å². The van der Waals surface area contributed by atoms with E-state index in [-0.39, 0.29) is 18.8 Å². The van der Waals surface area contributed by atoms with Crippen molar-refractivity contribution in [3.05, 3.63) is 56.9 Å². The van der Waals surface area contributed by atoms with Gasteiger partial charge >= 0.3 is 19.9 Å². The van der Waals surface area contributed by atoms with Crippen LogP contribution in [0.1, 0.15) is 51.8 Å². The number of nitrogens with one attached hydrogen (secondary N) is 2. The second kappa shape index (κ2) is 13.7. The monoisotopic (exact) mass is 552 g/mol. The summed E-state index contributed by atoms with van der Waals surface area (Å²) in [6, 6.07) is 5.98. The first-order valence-electron chi connectivity index (χ1n) is 12.6. The van der Waals surface area contributed by atoms with Crippen molar-refractivity contribution >= 4 is 19.9 Å². The molecule has 38 heavy (non-hydrogen) atoms. The molecule has 0 aliphatic carbocycles. The summed E-state index contributed by atoms with van der Waals surface area (Å²) in [5, 5.41) is 13.4. The lowest BCUT2D eigenvalue weighted by Gasteiger charge is -2.18. The van der Waals surface area contributed by atoms with Crippen molar-refractivity contribution in [1.29, 1.82) is 0 Å². The maximum atomic E-state index is 12.5. The number of aromatic amines is 1. The maximum absolute atomic E-state index is 12.5. The number of nitrogens with zero attached hydrogens (tertiary/aromatic N) is 1. The third-order valence-corrected chi connectivity index (χ3v) is 7.11. The van der Waals surface area contributed by atoms with Crippen molar-refractivity contribution in [2.75, 3.05) is 18.5 Å². The number of aryl methyl sites for hydroxylation is 1.